The maximum absolute atomic E-state index is 8.72. The Morgan fingerprint density at radius 3 is 2.35 bits per heavy atom. The summed E-state index contributed by atoms with van der Waals surface area (Å²) in [7, 11) is 0. The zero-order chi connectivity index (χ0) is 17.2. The molecule has 0 fully saturated rings. The maximum Gasteiger partial charge on any atom is 0.124 e. The van der Waals surface area contributed by atoms with Crippen molar-refractivity contribution in [1.82, 2.24) is 10.6 Å². The maximum atomic E-state index is 8.72. The molecule has 2 rings (SSSR count). The molecule has 8 heteroatoms. The first-order valence-electron chi connectivity index (χ1n) is 7.87. The molecule has 0 amide bonds. The van der Waals surface area contributed by atoms with E-state index in [1.54, 1.807) is 0 Å². The van der Waals surface area contributed by atoms with Crippen LogP contribution in [0.1, 0.15) is 11.1 Å². The van der Waals surface area contributed by atoms with Gasteiger partial charge in [0.1, 0.15) is 12.4 Å². The van der Waals surface area contributed by atoms with Crippen LogP contribution >= 0.6 is 52.3 Å². The highest BCUT2D eigenvalue weighted by Gasteiger charge is 2.05. The quantitative estimate of drug-likeness (QED) is 0.441. The van der Waals surface area contributed by atoms with Crippen molar-refractivity contribution in [3.8, 4) is 5.75 Å². The fourth-order valence-electron chi connectivity index (χ4n) is 2.17. The monoisotopic (exact) mass is 484 g/mol. The zero-order valence-electron chi connectivity index (χ0n) is 14.2. The van der Waals surface area contributed by atoms with E-state index in [0.29, 0.717) is 13.2 Å². The largest absolute Gasteiger partial charge is 0.489 e. The molecule has 0 spiro atoms. The van der Waals surface area contributed by atoms with E-state index in [2.05, 4.69) is 32.6 Å². The molecule has 0 saturated heterocycles. The first-order valence-corrected chi connectivity index (χ1v) is 9.04. The lowest BCUT2D eigenvalue weighted by Gasteiger charge is -2.13. The molecule has 0 atom stereocenters. The number of hydrogen-bond acceptors (Lipinski definition) is 4. The van der Waals surface area contributed by atoms with Crippen molar-refractivity contribution in [3.63, 3.8) is 0 Å². The van der Waals surface area contributed by atoms with Gasteiger partial charge in [-0.25, -0.2) is 0 Å². The van der Waals surface area contributed by atoms with Crippen molar-refractivity contribution in [3.05, 3.63) is 63.1 Å². The van der Waals surface area contributed by atoms with Gasteiger partial charge in [0.25, 0.3) is 0 Å². The molecule has 0 heterocycles. The number of halogens is 4. The molecule has 0 aliphatic rings. The predicted molar refractivity (Wildman–Crippen MR) is 116 cm³/mol. The highest BCUT2D eigenvalue weighted by molar-refractivity contribution is 9.10. The van der Waals surface area contributed by atoms with Gasteiger partial charge in [-0.2, -0.15) is 0 Å². The molecule has 0 aliphatic carbocycles. The lowest BCUT2D eigenvalue weighted by atomic mass is 10.2. The minimum atomic E-state index is 0. The fourth-order valence-corrected chi connectivity index (χ4v) is 2.71. The van der Waals surface area contributed by atoms with Crippen LogP contribution in [0.15, 0.2) is 46.9 Å². The van der Waals surface area contributed by atoms with Crippen LogP contribution in [0.5, 0.6) is 5.75 Å². The highest BCUT2D eigenvalue weighted by atomic mass is 79.9. The lowest BCUT2D eigenvalue weighted by Crippen LogP contribution is -2.28. The summed E-state index contributed by atoms with van der Waals surface area (Å²) < 4.78 is 6.99. The van der Waals surface area contributed by atoms with E-state index >= 15 is 0 Å². The number of ether oxygens (including phenoxy) is 1. The number of rotatable bonds is 10. The van der Waals surface area contributed by atoms with E-state index in [1.807, 2.05) is 36.4 Å². The summed E-state index contributed by atoms with van der Waals surface area (Å²) in [5.74, 6) is 0.865. The van der Waals surface area contributed by atoms with Crippen molar-refractivity contribution >= 4 is 52.3 Å². The Hall–Kier alpha value is -0.530. The normalized spacial score (nSPS) is 9.96. The highest BCUT2D eigenvalue weighted by Crippen LogP contribution is 2.24. The first kappa shape index (κ1) is 25.5. The molecule has 0 unspecified atom stereocenters. The zero-order valence-corrected chi connectivity index (χ0v) is 18.2. The van der Waals surface area contributed by atoms with Gasteiger partial charge in [-0.15, -0.1) is 24.8 Å². The average Bonchev–Trinajstić information content (AvgIpc) is 2.58. The third kappa shape index (κ3) is 9.42. The van der Waals surface area contributed by atoms with Gasteiger partial charge in [0.2, 0.25) is 0 Å². The second kappa shape index (κ2) is 14.5. The number of hydrogen-bond donors (Lipinski definition) is 3. The molecule has 3 N–H and O–H groups in total. The van der Waals surface area contributed by atoms with Crippen molar-refractivity contribution in [2.45, 2.75) is 13.2 Å². The number of aliphatic hydroxyl groups is 1. The Labute approximate surface area is 180 Å². The summed E-state index contributed by atoms with van der Waals surface area (Å²) in [6, 6.07) is 13.7. The van der Waals surface area contributed by atoms with Gasteiger partial charge in [-0.1, -0.05) is 39.7 Å². The molecular formula is C18H24BrCl3N2O2. The second-order valence-electron chi connectivity index (χ2n) is 5.32. The van der Waals surface area contributed by atoms with Crippen molar-refractivity contribution in [2.75, 3.05) is 26.2 Å². The van der Waals surface area contributed by atoms with E-state index in [9.17, 15) is 0 Å². The standard InChI is InChI=1S/C18H22BrClN2O2.2ClH/c19-16-3-6-18(24-13-14-1-4-17(20)5-2-14)15(11-16)12-22-8-7-21-9-10-23;;/h1-6,11,21-23H,7-10,12-13H2;2*1H. The molecule has 26 heavy (non-hydrogen) atoms. The van der Waals surface area contributed by atoms with E-state index < -0.39 is 0 Å². The van der Waals surface area contributed by atoms with Crippen molar-refractivity contribution in [1.29, 1.82) is 0 Å². The second-order valence-corrected chi connectivity index (χ2v) is 6.67. The molecule has 146 valence electrons. The number of nitrogens with one attached hydrogen (secondary N) is 2. The summed E-state index contributed by atoms with van der Waals surface area (Å²) in [5.41, 5.74) is 2.18. The minimum Gasteiger partial charge on any atom is -0.489 e. The van der Waals surface area contributed by atoms with Crippen molar-refractivity contribution in [2.24, 2.45) is 0 Å². The fraction of sp³-hybridized carbons (Fsp3) is 0.333. The number of aliphatic hydroxyl groups excluding tert-OH is 1. The van der Waals surface area contributed by atoms with Crippen molar-refractivity contribution < 1.29 is 9.84 Å². The predicted octanol–water partition coefficient (Wildman–Crippen LogP) is 4.20. The van der Waals surface area contributed by atoms with E-state index in [-0.39, 0.29) is 31.4 Å². The smallest absolute Gasteiger partial charge is 0.124 e. The van der Waals surface area contributed by atoms with Crippen LogP contribution in [-0.4, -0.2) is 31.3 Å². The molecule has 0 saturated carbocycles. The Morgan fingerprint density at radius 1 is 0.962 bits per heavy atom. The van der Waals surface area contributed by atoms with E-state index in [1.165, 1.54) is 0 Å². The Bertz CT molecular complexity index is 630. The molecule has 0 aliphatic heterocycles. The van der Waals surface area contributed by atoms with Crippen LogP contribution in [-0.2, 0) is 13.2 Å². The third-order valence-electron chi connectivity index (χ3n) is 3.41. The van der Waals surface area contributed by atoms with Crippen LogP contribution in [0.4, 0.5) is 0 Å². The molecule has 0 aromatic heterocycles. The molecule has 2 aromatic rings. The minimum absolute atomic E-state index is 0. The molecular weight excluding hydrogens is 462 g/mol. The van der Waals surface area contributed by atoms with Gasteiger partial charge in [-0.3, -0.25) is 0 Å². The SMILES string of the molecule is Cl.Cl.OCCNCCNCc1cc(Br)ccc1OCc1ccc(Cl)cc1. The lowest BCUT2D eigenvalue weighted by molar-refractivity contribution is 0.292. The van der Waals surface area contributed by atoms with Gasteiger partial charge in [-0.05, 0) is 35.9 Å². The van der Waals surface area contributed by atoms with Crippen LogP contribution in [0.3, 0.4) is 0 Å². The van der Waals surface area contributed by atoms with Crippen LogP contribution < -0.4 is 15.4 Å². The van der Waals surface area contributed by atoms with Crippen LogP contribution in [0.2, 0.25) is 5.02 Å². The number of benzene rings is 2. The van der Waals surface area contributed by atoms with Gasteiger partial charge in [0, 0.05) is 41.2 Å². The summed E-state index contributed by atoms with van der Waals surface area (Å²) in [6.07, 6.45) is 0. The summed E-state index contributed by atoms with van der Waals surface area (Å²) >= 11 is 9.41. The molecule has 4 nitrogen and oxygen atoms in total. The van der Waals surface area contributed by atoms with Gasteiger partial charge < -0.3 is 20.5 Å². The van der Waals surface area contributed by atoms with Gasteiger partial charge >= 0.3 is 0 Å². The topological polar surface area (TPSA) is 53.5 Å². The Balaban J connectivity index is 0.00000312. The van der Waals surface area contributed by atoms with Gasteiger partial charge in [0.15, 0.2) is 0 Å². The van der Waals surface area contributed by atoms with Crippen LogP contribution in [0, 0.1) is 0 Å². The molecule has 2 aromatic carbocycles. The summed E-state index contributed by atoms with van der Waals surface area (Å²) in [5, 5.41) is 16.0. The summed E-state index contributed by atoms with van der Waals surface area (Å²) in [4.78, 5) is 0. The van der Waals surface area contributed by atoms with Crippen LogP contribution in [0.25, 0.3) is 0 Å². The van der Waals surface area contributed by atoms with E-state index in [4.69, 9.17) is 21.4 Å². The Kier molecular flexibility index (Phi) is 14.2. The first-order chi connectivity index (χ1) is 11.7. The Morgan fingerprint density at radius 2 is 1.65 bits per heavy atom. The average molecular weight is 487 g/mol. The third-order valence-corrected chi connectivity index (χ3v) is 4.16. The molecule has 0 radical (unpaired) electrons. The van der Waals surface area contributed by atoms with Gasteiger partial charge in [0.05, 0.1) is 6.61 Å². The molecule has 0 bridgehead atoms. The summed E-state index contributed by atoms with van der Waals surface area (Å²) in [6.45, 7) is 3.64. The van der Waals surface area contributed by atoms with E-state index in [0.717, 1.165) is 46.0 Å².